The molecule has 2 rings (SSSR count). The average Bonchev–Trinajstić information content (AvgIpc) is 2.67. The Morgan fingerprint density at radius 2 is 2.29 bits per heavy atom. The van der Waals surface area contributed by atoms with Crippen LogP contribution in [-0.4, -0.2) is 15.9 Å². The number of carbonyl (C=O) groups excluding carboxylic acids is 1. The monoisotopic (exact) mass is 270 g/mol. The molecule has 0 aliphatic rings. The quantitative estimate of drug-likeness (QED) is 0.707. The minimum absolute atomic E-state index is 0.129. The van der Waals surface area contributed by atoms with Crippen molar-refractivity contribution in [2.24, 2.45) is 10.9 Å². The number of carbonyl (C=O) groups is 1. The highest BCUT2D eigenvalue weighted by Gasteiger charge is 2.20. The van der Waals surface area contributed by atoms with Crippen LogP contribution >= 0.6 is 23.3 Å². The number of aromatic nitrogens is 2. The molecular weight excluding hydrogens is 260 g/mol. The first-order valence-electron chi connectivity index (χ1n) is 4.80. The van der Waals surface area contributed by atoms with Crippen LogP contribution in [0.2, 0.25) is 0 Å². The van der Waals surface area contributed by atoms with Gasteiger partial charge in [-0.15, -0.1) is 0 Å². The fraction of sp³-hybridized carbons (Fsp3) is 0.222. The Kier molecular flexibility index (Phi) is 3.18. The van der Waals surface area contributed by atoms with Crippen molar-refractivity contribution in [1.82, 2.24) is 9.97 Å². The van der Waals surface area contributed by atoms with Crippen LogP contribution in [0.5, 0.6) is 0 Å². The molecule has 8 heteroatoms. The standard InChI is InChI=1S/C9H10N4O2S2/c1-2-3-12-7-5(9(15)16-3)4(6(10)14)8(13-7)17-11/h13H,2,11H2,1H3,(H2,10,14). The second kappa shape index (κ2) is 4.47. The lowest BCUT2D eigenvalue weighted by Gasteiger charge is -1.95. The molecule has 6 nitrogen and oxygen atoms in total. The van der Waals surface area contributed by atoms with Gasteiger partial charge in [0.25, 0.3) is 5.91 Å². The zero-order valence-electron chi connectivity index (χ0n) is 8.94. The molecule has 0 aromatic carbocycles. The van der Waals surface area contributed by atoms with E-state index in [0.29, 0.717) is 22.1 Å². The molecule has 1 amide bonds. The van der Waals surface area contributed by atoms with Crippen LogP contribution < -0.4 is 15.6 Å². The number of amides is 1. The van der Waals surface area contributed by atoms with Crippen molar-refractivity contribution in [3.05, 3.63) is 20.1 Å². The van der Waals surface area contributed by atoms with E-state index in [-0.39, 0.29) is 15.7 Å². The summed E-state index contributed by atoms with van der Waals surface area (Å²) in [5, 5.41) is 6.73. The summed E-state index contributed by atoms with van der Waals surface area (Å²) in [7, 11) is 0. The number of nitrogens with zero attached hydrogens (tertiary/aromatic N) is 1. The predicted octanol–water partition coefficient (Wildman–Crippen LogP) is 0.612. The van der Waals surface area contributed by atoms with Crippen molar-refractivity contribution in [1.29, 1.82) is 0 Å². The summed E-state index contributed by atoms with van der Waals surface area (Å²) in [6.07, 6.45) is 0.659. The van der Waals surface area contributed by atoms with Gasteiger partial charge in [-0.05, 0) is 18.4 Å². The number of hydrogen-bond donors (Lipinski definition) is 3. The minimum atomic E-state index is -0.681. The summed E-state index contributed by atoms with van der Waals surface area (Å²) in [5.74, 6) is -0.681. The number of rotatable bonds is 3. The van der Waals surface area contributed by atoms with Gasteiger partial charge in [0.2, 0.25) is 4.74 Å². The maximum absolute atomic E-state index is 11.9. The maximum atomic E-state index is 11.9. The number of H-pyrrole nitrogens is 1. The summed E-state index contributed by atoms with van der Waals surface area (Å²) in [4.78, 5) is 30.3. The van der Waals surface area contributed by atoms with Crippen LogP contribution in [0.25, 0.3) is 11.0 Å². The van der Waals surface area contributed by atoms with E-state index in [1.54, 1.807) is 0 Å². The van der Waals surface area contributed by atoms with Crippen LogP contribution in [0, 0.1) is 0 Å². The fourth-order valence-electron chi connectivity index (χ4n) is 1.53. The zero-order valence-corrected chi connectivity index (χ0v) is 10.6. The van der Waals surface area contributed by atoms with Gasteiger partial charge in [-0.25, -0.2) is 4.98 Å². The number of hydrogen-bond acceptors (Lipinski definition) is 6. The number of nitrogens with two attached hydrogens (primary N) is 2. The Hall–Kier alpha value is -1.38. The number of aromatic amines is 1. The lowest BCUT2D eigenvalue weighted by atomic mass is 10.2. The van der Waals surface area contributed by atoms with Gasteiger partial charge in [0.15, 0.2) is 0 Å². The third-order valence-corrected chi connectivity index (χ3v) is 3.81. The van der Waals surface area contributed by atoms with Gasteiger partial charge in [-0.2, -0.15) is 0 Å². The topological polar surface area (TPSA) is 115 Å². The molecule has 0 saturated heterocycles. The van der Waals surface area contributed by atoms with Crippen LogP contribution in [-0.2, 0) is 6.42 Å². The third-order valence-electron chi connectivity index (χ3n) is 2.26. The number of fused-ring (bicyclic) bond motifs is 1. The van der Waals surface area contributed by atoms with Crippen molar-refractivity contribution in [2.45, 2.75) is 18.4 Å². The van der Waals surface area contributed by atoms with Gasteiger partial charge in [-0.1, -0.05) is 18.3 Å². The lowest BCUT2D eigenvalue weighted by molar-refractivity contribution is 0.0999. The van der Waals surface area contributed by atoms with Gasteiger partial charge in [0, 0.05) is 0 Å². The van der Waals surface area contributed by atoms with E-state index in [2.05, 4.69) is 9.97 Å². The predicted molar refractivity (Wildman–Crippen MR) is 68.2 cm³/mol. The summed E-state index contributed by atoms with van der Waals surface area (Å²) >= 11 is 1.86. The summed E-state index contributed by atoms with van der Waals surface area (Å²) in [6, 6.07) is 0. The highest BCUT2D eigenvalue weighted by molar-refractivity contribution is 7.97. The zero-order chi connectivity index (χ0) is 12.6. The van der Waals surface area contributed by atoms with E-state index in [0.717, 1.165) is 23.3 Å². The Morgan fingerprint density at radius 3 is 2.82 bits per heavy atom. The number of nitrogens with one attached hydrogen (secondary N) is 1. The highest BCUT2D eigenvalue weighted by Crippen LogP contribution is 2.24. The van der Waals surface area contributed by atoms with E-state index in [1.165, 1.54) is 0 Å². The van der Waals surface area contributed by atoms with Gasteiger partial charge < -0.3 is 10.7 Å². The van der Waals surface area contributed by atoms with Crippen LogP contribution in [0.4, 0.5) is 0 Å². The first-order chi connectivity index (χ1) is 8.08. The Balaban J connectivity index is 2.88. The number of aryl methyl sites for hydroxylation is 1. The van der Waals surface area contributed by atoms with E-state index in [4.69, 9.17) is 10.9 Å². The van der Waals surface area contributed by atoms with E-state index in [9.17, 15) is 9.59 Å². The molecule has 0 atom stereocenters. The second-order valence-corrected chi connectivity index (χ2v) is 4.97. The van der Waals surface area contributed by atoms with Crippen molar-refractivity contribution < 1.29 is 4.79 Å². The molecule has 0 unspecified atom stereocenters. The van der Waals surface area contributed by atoms with Gasteiger partial charge in [-0.3, -0.25) is 14.7 Å². The van der Waals surface area contributed by atoms with Crippen molar-refractivity contribution in [3.8, 4) is 0 Å². The summed E-state index contributed by atoms with van der Waals surface area (Å²) < 4.78 is -0.225. The molecule has 0 bridgehead atoms. The van der Waals surface area contributed by atoms with E-state index >= 15 is 0 Å². The van der Waals surface area contributed by atoms with Gasteiger partial charge in [0.05, 0.1) is 16.0 Å². The van der Waals surface area contributed by atoms with Crippen LogP contribution in [0.15, 0.2) is 9.82 Å². The molecule has 0 aliphatic heterocycles. The molecule has 0 spiro atoms. The molecule has 2 aromatic rings. The molecule has 17 heavy (non-hydrogen) atoms. The SMILES string of the molecule is CCc1nc2[nH]c(SN)c(C(N)=O)c2c(=O)s1. The minimum Gasteiger partial charge on any atom is -0.365 e. The van der Waals surface area contributed by atoms with Crippen molar-refractivity contribution in [2.75, 3.05) is 0 Å². The molecule has 5 N–H and O–H groups in total. The summed E-state index contributed by atoms with van der Waals surface area (Å²) in [5.41, 5.74) is 5.75. The lowest BCUT2D eigenvalue weighted by Crippen LogP contribution is -2.14. The van der Waals surface area contributed by atoms with E-state index < -0.39 is 5.91 Å². The van der Waals surface area contributed by atoms with Gasteiger partial charge >= 0.3 is 0 Å². The fourth-order valence-corrected chi connectivity index (χ4v) is 2.80. The van der Waals surface area contributed by atoms with Crippen molar-refractivity contribution in [3.63, 3.8) is 0 Å². The molecule has 0 aliphatic carbocycles. The first kappa shape index (κ1) is 12.1. The maximum Gasteiger partial charge on any atom is 0.252 e. The second-order valence-electron chi connectivity index (χ2n) is 3.28. The largest absolute Gasteiger partial charge is 0.365 e. The van der Waals surface area contributed by atoms with E-state index in [1.807, 2.05) is 6.92 Å². The molecular formula is C9H10N4O2S2. The molecule has 2 aromatic heterocycles. The first-order valence-corrected chi connectivity index (χ1v) is 6.50. The van der Waals surface area contributed by atoms with Gasteiger partial charge in [0.1, 0.15) is 10.7 Å². The molecule has 2 heterocycles. The Bertz CT molecular complexity index is 646. The molecule has 0 fully saturated rings. The van der Waals surface area contributed by atoms with Crippen molar-refractivity contribution >= 4 is 40.2 Å². The number of primary amides is 1. The molecule has 0 radical (unpaired) electrons. The Morgan fingerprint density at radius 1 is 1.59 bits per heavy atom. The Labute approximate surface area is 105 Å². The summed E-state index contributed by atoms with van der Waals surface area (Å²) in [6.45, 7) is 1.90. The molecule has 90 valence electrons. The third kappa shape index (κ3) is 1.94. The highest BCUT2D eigenvalue weighted by atomic mass is 32.2. The average molecular weight is 270 g/mol. The molecule has 0 saturated carbocycles. The van der Waals surface area contributed by atoms with Crippen LogP contribution in [0.3, 0.4) is 0 Å². The van der Waals surface area contributed by atoms with Crippen LogP contribution in [0.1, 0.15) is 22.3 Å². The normalized spacial score (nSPS) is 10.9. The smallest absolute Gasteiger partial charge is 0.252 e.